The highest BCUT2D eigenvalue weighted by Gasteiger charge is 2.40. The van der Waals surface area contributed by atoms with Gasteiger partial charge < -0.3 is 19.1 Å². The van der Waals surface area contributed by atoms with E-state index in [0.29, 0.717) is 41.8 Å². The van der Waals surface area contributed by atoms with Gasteiger partial charge in [-0.3, -0.25) is 9.59 Å². The number of hydrogen-bond donors (Lipinski definition) is 0. The second-order valence-electron chi connectivity index (χ2n) is 9.30. The number of anilines is 1. The molecule has 0 radical (unpaired) electrons. The van der Waals surface area contributed by atoms with E-state index >= 15 is 0 Å². The molecule has 0 spiro atoms. The number of benzene rings is 2. The fourth-order valence-electron chi connectivity index (χ4n) is 5.00. The van der Waals surface area contributed by atoms with Crippen LogP contribution in [-0.2, 0) is 25.5 Å². The zero-order chi connectivity index (χ0) is 25.7. The number of hydrogen-bond acceptors (Lipinski definition) is 6. The Kier molecular flexibility index (Phi) is 8.08. The summed E-state index contributed by atoms with van der Waals surface area (Å²) in [5, 5.41) is 0. The average Bonchev–Trinajstić information content (AvgIpc) is 3.20. The third-order valence-corrected chi connectivity index (χ3v) is 6.50. The van der Waals surface area contributed by atoms with E-state index in [9.17, 15) is 14.4 Å². The van der Waals surface area contributed by atoms with Crippen LogP contribution in [-0.4, -0.2) is 36.6 Å². The van der Waals surface area contributed by atoms with E-state index in [2.05, 4.69) is 12.1 Å². The molecular formula is C29H33NO6. The number of aryl methyl sites for hydroxylation is 1. The number of fused-ring (bicyclic) bond motifs is 3. The number of ether oxygens (including phenoxy) is 3. The van der Waals surface area contributed by atoms with Crippen LogP contribution in [0.4, 0.5) is 5.69 Å². The molecule has 36 heavy (non-hydrogen) atoms. The first kappa shape index (κ1) is 25.5. The SMILES string of the molecule is CCOC(=O)C=C1C[C@@H]2CCC(=O)N2c2cc(OC(C)CCCc3ccccc3)cc(OC(C)=O)c21. The Morgan fingerprint density at radius 2 is 1.97 bits per heavy atom. The lowest BCUT2D eigenvalue weighted by atomic mass is 9.89. The molecule has 7 heteroatoms. The van der Waals surface area contributed by atoms with E-state index < -0.39 is 11.9 Å². The Bertz CT molecular complexity index is 1160. The van der Waals surface area contributed by atoms with Crippen LogP contribution in [0.1, 0.15) is 64.0 Å². The molecule has 0 aliphatic carbocycles. The third kappa shape index (κ3) is 5.96. The molecule has 0 bridgehead atoms. The van der Waals surface area contributed by atoms with Crippen LogP contribution < -0.4 is 14.4 Å². The van der Waals surface area contributed by atoms with Gasteiger partial charge in [0.05, 0.1) is 18.4 Å². The third-order valence-electron chi connectivity index (χ3n) is 6.50. The number of nitrogens with zero attached hydrogens (tertiary/aromatic N) is 1. The highest BCUT2D eigenvalue weighted by Crippen LogP contribution is 2.48. The van der Waals surface area contributed by atoms with E-state index in [4.69, 9.17) is 14.2 Å². The molecule has 2 aromatic rings. The van der Waals surface area contributed by atoms with Gasteiger partial charge in [0.25, 0.3) is 0 Å². The van der Waals surface area contributed by atoms with Gasteiger partial charge >= 0.3 is 11.9 Å². The van der Waals surface area contributed by atoms with Crippen molar-refractivity contribution in [3.05, 3.63) is 59.7 Å². The van der Waals surface area contributed by atoms with Crippen molar-refractivity contribution in [2.24, 2.45) is 0 Å². The first-order chi connectivity index (χ1) is 17.4. The smallest absolute Gasteiger partial charge is 0.331 e. The molecule has 2 aliphatic rings. The van der Waals surface area contributed by atoms with Gasteiger partial charge in [0.15, 0.2) is 0 Å². The van der Waals surface area contributed by atoms with Crippen molar-refractivity contribution in [1.82, 2.24) is 0 Å². The highest BCUT2D eigenvalue weighted by atomic mass is 16.5. The van der Waals surface area contributed by atoms with Crippen LogP contribution in [0.5, 0.6) is 11.5 Å². The second-order valence-corrected chi connectivity index (χ2v) is 9.30. The van der Waals surface area contributed by atoms with Gasteiger partial charge in [0.2, 0.25) is 5.91 Å². The molecule has 0 N–H and O–H groups in total. The maximum atomic E-state index is 12.8. The van der Waals surface area contributed by atoms with Crippen molar-refractivity contribution in [3.8, 4) is 11.5 Å². The zero-order valence-corrected chi connectivity index (χ0v) is 21.1. The normalized spacial score (nSPS) is 18.4. The molecule has 4 rings (SSSR count). The largest absolute Gasteiger partial charge is 0.491 e. The molecule has 7 nitrogen and oxygen atoms in total. The lowest BCUT2D eigenvalue weighted by Gasteiger charge is -2.35. The molecule has 1 fully saturated rings. The minimum atomic E-state index is -0.490. The van der Waals surface area contributed by atoms with Crippen molar-refractivity contribution >= 4 is 29.1 Å². The maximum Gasteiger partial charge on any atom is 0.331 e. The Balaban J connectivity index is 1.63. The van der Waals surface area contributed by atoms with Gasteiger partial charge in [-0.15, -0.1) is 0 Å². The fraction of sp³-hybridized carbons (Fsp3) is 0.414. The van der Waals surface area contributed by atoms with Crippen LogP contribution in [0, 0.1) is 0 Å². The van der Waals surface area contributed by atoms with Gasteiger partial charge in [-0.1, -0.05) is 30.3 Å². The molecule has 2 atom stereocenters. The van der Waals surface area contributed by atoms with Gasteiger partial charge in [-0.25, -0.2) is 4.79 Å². The molecule has 1 unspecified atom stereocenters. The minimum absolute atomic E-state index is 0.0123. The zero-order valence-electron chi connectivity index (χ0n) is 21.1. The predicted molar refractivity (Wildman–Crippen MR) is 137 cm³/mol. The van der Waals surface area contributed by atoms with Crippen LogP contribution in [0.3, 0.4) is 0 Å². The van der Waals surface area contributed by atoms with E-state index in [1.165, 1.54) is 18.6 Å². The first-order valence-electron chi connectivity index (χ1n) is 12.6. The molecule has 2 aliphatic heterocycles. The maximum absolute atomic E-state index is 12.8. The van der Waals surface area contributed by atoms with Crippen molar-refractivity contribution in [1.29, 1.82) is 0 Å². The summed E-state index contributed by atoms with van der Waals surface area (Å²) in [6.07, 6.45) is 5.75. The molecular weight excluding hydrogens is 458 g/mol. The van der Waals surface area contributed by atoms with Gasteiger partial charge in [0.1, 0.15) is 11.5 Å². The molecule has 2 heterocycles. The molecule has 1 saturated heterocycles. The second kappa shape index (κ2) is 11.4. The first-order valence-corrected chi connectivity index (χ1v) is 12.6. The lowest BCUT2D eigenvalue weighted by Crippen LogP contribution is -2.37. The number of esters is 2. The monoisotopic (exact) mass is 491 g/mol. The molecule has 0 aromatic heterocycles. The minimum Gasteiger partial charge on any atom is -0.491 e. The van der Waals surface area contributed by atoms with Gasteiger partial charge in [0, 0.05) is 43.2 Å². The Morgan fingerprint density at radius 3 is 2.69 bits per heavy atom. The summed E-state index contributed by atoms with van der Waals surface area (Å²) in [5.41, 5.74) is 3.15. The number of amides is 1. The summed E-state index contributed by atoms with van der Waals surface area (Å²) in [7, 11) is 0. The predicted octanol–water partition coefficient (Wildman–Crippen LogP) is 5.25. The standard InChI is InChI=1S/C29H33NO6/c1-4-34-28(33)16-22-15-23-13-14-27(32)30(23)25-17-24(18-26(29(22)25)36-20(3)31)35-19(2)9-8-12-21-10-6-5-7-11-21/h5-7,10-11,16-19,23H,4,8-9,12-15H2,1-3H3/t19?,23-/m0/s1. The van der Waals surface area contributed by atoms with Crippen molar-refractivity contribution < 1.29 is 28.6 Å². The van der Waals surface area contributed by atoms with Crippen molar-refractivity contribution in [2.45, 2.75) is 71.4 Å². The van der Waals surface area contributed by atoms with E-state index in [1.807, 2.05) is 31.2 Å². The molecule has 1 amide bonds. The summed E-state index contributed by atoms with van der Waals surface area (Å²) in [6.45, 7) is 5.34. The van der Waals surface area contributed by atoms with E-state index in [0.717, 1.165) is 19.3 Å². The van der Waals surface area contributed by atoms with E-state index in [1.54, 1.807) is 17.9 Å². The summed E-state index contributed by atoms with van der Waals surface area (Å²) in [4.78, 5) is 38.9. The van der Waals surface area contributed by atoms with Crippen LogP contribution in [0.25, 0.3) is 5.57 Å². The Labute approximate surface area is 212 Å². The van der Waals surface area contributed by atoms with Crippen LogP contribution >= 0.6 is 0 Å². The van der Waals surface area contributed by atoms with Gasteiger partial charge in [-0.05, 0) is 57.1 Å². The number of rotatable bonds is 9. The quantitative estimate of drug-likeness (QED) is 0.271. The summed E-state index contributed by atoms with van der Waals surface area (Å²) >= 11 is 0. The highest BCUT2D eigenvalue weighted by molar-refractivity contribution is 6.05. The van der Waals surface area contributed by atoms with E-state index in [-0.39, 0.29) is 30.4 Å². The molecule has 0 saturated carbocycles. The lowest BCUT2D eigenvalue weighted by molar-refractivity contribution is -0.137. The molecule has 190 valence electrons. The van der Waals surface area contributed by atoms with Gasteiger partial charge in [-0.2, -0.15) is 0 Å². The number of carbonyl (C=O) groups is 3. The van der Waals surface area contributed by atoms with Crippen LogP contribution in [0.2, 0.25) is 0 Å². The molecule has 2 aromatic carbocycles. The van der Waals surface area contributed by atoms with Crippen LogP contribution in [0.15, 0.2) is 48.5 Å². The Morgan fingerprint density at radius 1 is 1.19 bits per heavy atom. The van der Waals surface area contributed by atoms with Crippen molar-refractivity contribution in [3.63, 3.8) is 0 Å². The van der Waals surface area contributed by atoms with Crippen molar-refractivity contribution in [2.75, 3.05) is 11.5 Å². The fourth-order valence-corrected chi connectivity index (χ4v) is 5.00. The Hall–Kier alpha value is -3.61. The topological polar surface area (TPSA) is 82.1 Å². The summed E-state index contributed by atoms with van der Waals surface area (Å²) < 4.78 is 16.9. The number of carbonyl (C=O) groups excluding carboxylic acids is 3. The average molecular weight is 492 g/mol. The summed E-state index contributed by atoms with van der Waals surface area (Å²) in [5.74, 6) is -0.139. The summed E-state index contributed by atoms with van der Waals surface area (Å²) in [6, 6.07) is 13.8.